The normalized spacial score (nSPS) is 14.9. The number of H-pyrrole nitrogens is 1. The van der Waals surface area contributed by atoms with E-state index in [-0.39, 0.29) is 5.56 Å². The molecule has 1 aromatic carbocycles. The minimum atomic E-state index is -0.137. The number of hydrogen-bond acceptors (Lipinski definition) is 3. The molecule has 0 radical (unpaired) electrons. The molecule has 2 aromatic rings. The van der Waals surface area contributed by atoms with E-state index < -0.39 is 0 Å². The van der Waals surface area contributed by atoms with Gasteiger partial charge in [-0.25, -0.2) is 0 Å². The topological polar surface area (TPSA) is 54.4 Å². The Hall–Kier alpha value is -1.91. The highest BCUT2D eigenvalue weighted by atomic mass is 35.5. The lowest BCUT2D eigenvalue weighted by Crippen LogP contribution is -2.18. The number of rotatable bonds is 2. The second-order valence-electron chi connectivity index (χ2n) is 4.55. The third-order valence-electron chi connectivity index (χ3n) is 3.12. The van der Waals surface area contributed by atoms with E-state index in [1.165, 1.54) is 0 Å². The molecule has 0 spiro atoms. The van der Waals surface area contributed by atoms with Crippen molar-refractivity contribution in [3.05, 3.63) is 57.5 Å². The Labute approximate surface area is 121 Å². The first-order valence-electron chi connectivity index (χ1n) is 6.33. The van der Waals surface area contributed by atoms with Crippen molar-refractivity contribution < 1.29 is 4.74 Å². The largest absolute Gasteiger partial charge is 0.373 e. The smallest absolute Gasteiger partial charge is 0.248 e. The van der Waals surface area contributed by atoms with Gasteiger partial charge in [0, 0.05) is 17.3 Å². The standard InChI is InChI=1S/C15H13ClN2O2/c16-13-6-11(10-1-2-18-15(19)8-10)5-12(7-13)14-9-20-4-3-17-14/h1-2,5-8H,3-4,9H2,(H,18,19). The van der Waals surface area contributed by atoms with Gasteiger partial charge in [0.15, 0.2) is 0 Å². The fourth-order valence-electron chi connectivity index (χ4n) is 2.18. The molecule has 3 rings (SSSR count). The van der Waals surface area contributed by atoms with Crippen molar-refractivity contribution >= 4 is 17.3 Å². The summed E-state index contributed by atoms with van der Waals surface area (Å²) in [5.74, 6) is 0. The SMILES string of the molecule is O=c1cc(-c2cc(Cl)cc(C3=NCCOC3)c2)cc[nH]1. The first-order valence-corrected chi connectivity index (χ1v) is 6.71. The van der Waals surface area contributed by atoms with Gasteiger partial charge >= 0.3 is 0 Å². The van der Waals surface area contributed by atoms with Gasteiger partial charge in [-0.15, -0.1) is 0 Å². The van der Waals surface area contributed by atoms with Crippen LogP contribution in [0.4, 0.5) is 0 Å². The maximum absolute atomic E-state index is 11.4. The van der Waals surface area contributed by atoms with Gasteiger partial charge in [-0.05, 0) is 41.0 Å². The molecule has 1 N–H and O–H groups in total. The molecule has 20 heavy (non-hydrogen) atoms. The lowest BCUT2D eigenvalue weighted by Gasteiger charge is -2.14. The van der Waals surface area contributed by atoms with Crippen LogP contribution in [-0.4, -0.2) is 30.5 Å². The molecule has 0 atom stereocenters. The average Bonchev–Trinajstić information content (AvgIpc) is 2.47. The quantitative estimate of drug-likeness (QED) is 0.923. The Balaban J connectivity index is 2.06. The molecular formula is C15H13ClN2O2. The van der Waals surface area contributed by atoms with Crippen molar-refractivity contribution in [1.29, 1.82) is 0 Å². The fraction of sp³-hybridized carbons (Fsp3) is 0.200. The van der Waals surface area contributed by atoms with Crippen LogP contribution in [0.3, 0.4) is 0 Å². The van der Waals surface area contributed by atoms with Crippen molar-refractivity contribution in [3.63, 3.8) is 0 Å². The van der Waals surface area contributed by atoms with Gasteiger partial charge in [-0.1, -0.05) is 11.6 Å². The van der Waals surface area contributed by atoms with Crippen LogP contribution in [0.1, 0.15) is 5.56 Å². The van der Waals surface area contributed by atoms with Crippen molar-refractivity contribution in [1.82, 2.24) is 4.98 Å². The van der Waals surface area contributed by atoms with Crippen LogP contribution >= 0.6 is 11.6 Å². The summed E-state index contributed by atoms with van der Waals surface area (Å²) in [7, 11) is 0. The summed E-state index contributed by atoms with van der Waals surface area (Å²) in [6.45, 7) is 1.82. The van der Waals surface area contributed by atoms with Gasteiger partial charge in [0.2, 0.25) is 5.56 Å². The van der Waals surface area contributed by atoms with E-state index in [1.807, 2.05) is 24.3 Å². The third kappa shape index (κ3) is 2.81. The molecule has 0 bridgehead atoms. The lowest BCUT2D eigenvalue weighted by atomic mass is 10.0. The summed E-state index contributed by atoms with van der Waals surface area (Å²) in [4.78, 5) is 18.5. The van der Waals surface area contributed by atoms with E-state index in [0.29, 0.717) is 24.8 Å². The highest BCUT2D eigenvalue weighted by molar-refractivity contribution is 6.31. The van der Waals surface area contributed by atoms with Crippen LogP contribution in [0.5, 0.6) is 0 Å². The number of aromatic amines is 1. The van der Waals surface area contributed by atoms with Crippen molar-refractivity contribution in [3.8, 4) is 11.1 Å². The maximum Gasteiger partial charge on any atom is 0.248 e. The molecule has 5 heteroatoms. The Morgan fingerprint density at radius 1 is 1.15 bits per heavy atom. The second kappa shape index (κ2) is 5.61. The number of aromatic nitrogens is 1. The third-order valence-corrected chi connectivity index (χ3v) is 3.33. The molecule has 0 fully saturated rings. The van der Waals surface area contributed by atoms with E-state index in [0.717, 1.165) is 22.4 Å². The molecule has 1 aliphatic rings. The minimum absolute atomic E-state index is 0.137. The highest BCUT2D eigenvalue weighted by Gasteiger charge is 2.11. The highest BCUT2D eigenvalue weighted by Crippen LogP contribution is 2.24. The second-order valence-corrected chi connectivity index (χ2v) is 4.99. The summed E-state index contributed by atoms with van der Waals surface area (Å²) in [5, 5.41) is 0.617. The van der Waals surface area contributed by atoms with Crippen LogP contribution in [-0.2, 0) is 4.74 Å². The van der Waals surface area contributed by atoms with Gasteiger partial charge in [0.25, 0.3) is 0 Å². The predicted molar refractivity (Wildman–Crippen MR) is 79.7 cm³/mol. The Morgan fingerprint density at radius 3 is 2.75 bits per heavy atom. The Kier molecular flexibility index (Phi) is 3.67. The number of nitrogens with zero attached hydrogens (tertiary/aromatic N) is 1. The van der Waals surface area contributed by atoms with Crippen LogP contribution < -0.4 is 5.56 Å². The monoisotopic (exact) mass is 288 g/mol. The molecule has 4 nitrogen and oxygen atoms in total. The molecule has 0 amide bonds. The number of nitrogens with one attached hydrogen (secondary N) is 1. The van der Waals surface area contributed by atoms with Crippen LogP contribution in [0, 0.1) is 0 Å². The molecule has 0 unspecified atom stereocenters. The number of pyridine rings is 1. The number of benzene rings is 1. The molecule has 0 saturated heterocycles. The van der Waals surface area contributed by atoms with Crippen LogP contribution in [0.15, 0.2) is 46.3 Å². The van der Waals surface area contributed by atoms with Gasteiger partial charge in [0.05, 0.1) is 25.5 Å². The van der Waals surface area contributed by atoms with E-state index in [9.17, 15) is 4.79 Å². The van der Waals surface area contributed by atoms with Gasteiger partial charge < -0.3 is 9.72 Å². The number of aliphatic imine (C=N–C) groups is 1. The summed E-state index contributed by atoms with van der Waals surface area (Å²) >= 11 is 6.18. The molecule has 2 heterocycles. The van der Waals surface area contributed by atoms with Crippen molar-refractivity contribution in [2.24, 2.45) is 4.99 Å². The number of hydrogen-bond donors (Lipinski definition) is 1. The molecule has 1 aliphatic heterocycles. The summed E-state index contributed by atoms with van der Waals surface area (Å²) < 4.78 is 5.41. The van der Waals surface area contributed by atoms with E-state index >= 15 is 0 Å². The molecule has 1 aromatic heterocycles. The average molecular weight is 289 g/mol. The molecular weight excluding hydrogens is 276 g/mol. The lowest BCUT2D eigenvalue weighted by molar-refractivity contribution is 0.171. The van der Waals surface area contributed by atoms with Gasteiger partial charge in [-0.3, -0.25) is 9.79 Å². The van der Waals surface area contributed by atoms with Gasteiger partial charge in [-0.2, -0.15) is 0 Å². The zero-order chi connectivity index (χ0) is 13.9. The minimum Gasteiger partial charge on any atom is -0.373 e. The first kappa shape index (κ1) is 13.1. The molecule has 0 aliphatic carbocycles. The molecule has 0 saturated carbocycles. The van der Waals surface area contributed by atoms with Crippen molar-refractivity contribution in [2.45, 2.75) is 0 Å². The summed E-state index contributed by atoms with van der Waals surface area (Å²) in [5.41, 5.74) is 3.42. The molecule has 102 valence electrons. The Morgan fingerprint density at radius 2 is 2.00 bits per heavy atom. The summed E-state index contributed by atoms with van der Waals surface area (Å²) in [6, 6.07) is 9.08. The van der Waals surface area contributed by atoms with E-state index in [2.05, 4.69) is 9.98 Å². The fourth-order valence-corrected chi connectivity index (χ4v) is 2.42. The Bertz CT molecular complexity index is 722. The zero-order valence-corrected chi connectivity index (χ0v) is 11.5. The first-order chi connectivity index (χ1) is 9.72. The number of halogens is 1. The summed E-state index contributed by atoms with van der Waals surface area (Å²) in [6.07, 6.45) is 1.62. The maximum atomic E-state index is 11.4. The van der Waals surface area contributed by atoms with E-state index in [4.69, 9.17) is 16.3 Å². The van der Waals surface area contributed by atoms with E-state index in [1.54, 1.807) is 12.3 Å². The number of ether oxygens (including phenoxy) is 1. The zero-order valence-electron chi connectivity index (χ0n) is 10.7. The van der Waals surface area contributed by atoms with Gasteiger partial charge in [0.1, 0.15) is 0 Å². The van der Waals surface area contributed by atoms with Crippen LogP contribution in [0.2, 0.25) is 5.02 Å². The van der Waals surface area contributed by atoms with Crippen molar-refractivity contribution in [2.75, 3.05) is 19.8 Å². The van der Waals surface area contributed by atoms with Crippen LogP contribution in [0.25, 0.3) is 11.1 Å². The predicted octanol–water partition coefficient (Wildman–Crippen LogP) is 2.51.